The Labute approximate surface area is 179 Å². The van der Waals surface area contributed by atoms with E-state index in [2.05, 4.69) is 20.4 Å². The minimum atomic E-state index is -0.403. The molecule has 0 spiro atoms. The standard InChI is InChI=1S/C22H22N6OS/c1-27(21-14-24-15-30-21)19(12-16-6-4-3-5-7-16)22(29)25-20-13-18(28(2)26-20)17-8-10-23-11-9-17/h3-11,13-15,19H,12H2,1-2H3,(H,25,26,29)/t19-/m0/s1. The van der Waals surface area contributed by atoms with Crippen LogP contribution in [0.25, 0.3) is 11.3 Å². The second-order valence-corrected chi connectivity index (χ2v) is 7.78. The van der Waals surface area contributed by atoms with E-state index in [4.69, 9.17) is 0 Å². The van der Waals surface area contributed by atoms with E-state index >= 15 is 0 Å². The number of nitrogens with one attached hydrogen (secondary N) is 1. The van der Waals surface area contributed by atoms with Crippen molar-refractivity contribution in [2.24, 2.45) is 7.05 Å². The van der Waals surface area contributed by atoms with Crippen molar-refractivity contribution in [1.29, 1.82) is 0 Å². The zero-order valence-corrected chi connectivity index (χ0v) is 17.6. The van der Waals surface area contributed by atoms with Gasteiger partial charge in [0.05, 0.1) is 17.4 Å². The minimum absolute atomic E-state index is 0.117. The predicted octanol–water partition coefficient (Wildman–Crippen LogP) is 3.62. The number of rotatable bonds is 7. The molecule has 1 atom stereocenters. The van der Waals surface area contributed by atoms with Crippen molar-refractivity contribution in [1.82, 2.24) is 19.7 Å². The number of amides is 1. The Morgan fingerprint density at radius 2 is 1.93 bits per heavy atom. The highest BCUT2D eigenvalue weighted by atomic mass is 32.1. The summed E-state index contributed by atoms with van der Waals surface area (Å²) < 4.78 is 1.75. The van der Waals surface area contributed by atoms with E-state index in [1.165, 1.54) is 11.3 Å². The Morgan fingerprint density at radius 1 is 1.17 bits per heavy atom. The lowest BCUT2D eigenvalue weighted by Gasteiger charge is -2.27. The number of thiazole rings is 1. The fraction of sp³-hybridized carbons (Fsp3) is 0.182. The molecule has 0 saturated carbocycles. The first-order chi connectivity index (χ1) is 14.6. The largest absolute Gasteiger partial charge is 0.353 e. The molecule has 0 saturated heterocycles. The van der Waals surface area contributed by atoms with Crippen molar-refractivity contribution in [3.05, 3.63) is 78.2 Å². The number of anilines is 2. The van der Waals surface area contributed by atoms with Crippen LogP contribution in [0.1, 0.15) is 5.56 Å². The van der Waals surface area contributed by atoms with Gasteiger partial charge in [-0.05, 0) is 17.7 Å². The highest BCUT2D eigenvalue weighted by Crippen LogP contribution is 2.24. The Balaban J connectivity index is 1.57. The van der Waals surface area contributed by atoms with Crippen molar-refractivity contribution in [2.75, 3.05) is 17.3 Å². The van der Waals surface area contributed by atoms with Gasteiger partial charge in [0.2, 0.25) is 5.91 Å². The Bertz CT molecular complexity index is 1100. The zero-order valence-electron chi connectivity index (χ0n) is 16.8. The van der Waals surface area contributed by atoms with Crippen LogP contribution in [0.3, 0.4) is 0 Å². The van der Waals surface area contributed by atoms with Crippen molar-refractivity contribution in [3.63, 3.8) is 0 Å². The molecule has 1 aromatic carbocycles. The van der Waals surface area contributed by atoms with Gasteiger partial charge in [0.15, 0.2) is 5.82 Å². The maximum atomic E-state index is 13.3. The molecular weight excluding hydrogens is 396 g/mol. The Hall–Kier alpha value is -3.52. The molecule has 4 rings (SSSR count). The summed E-state index contributed by atoms with van der Waals surface area (Å²) in [5, 5.41) is 8.40. The molecule has 0 aliphatic rings. The summed E-state index contributed by atoms with van der Waals surface area (Å²) >= 11 is 1.51. The smallest absolute Gasteiger partial charge is 0.248 e. The summed E-state index contributed by atoms with van der Waals surface area (Å²) in [5.41, 5.74) is 4.75. The molecule has 0 radical (unpaired) electrons. The molecule has 0 aliphatic carbocycles. The van der Waals surface area contributed by atoms with Gasteiger partial charge in [0, 0.05) is 44.5 Å². The third kappa shape index (κ3) is 4.38. The Morgan fingerprint density at radius 3 is 2.63 bits per heavy atom. The topological polar surface area (TPSA) is 75.9 Å². The van der Waals surface area contributed by atoms with Gasteiger partial charge in [-0.25, -0.2) is 0 Å². The third-order valence-corrected chi connectivity index (χ3v) is 5.78. The number of benzene rings is 1. The van der Waals surface area contributed by atoms with Crippen molar-refractivity contribution in [3.8, 4) is 11.3 Å². The molecule has 3 aromatic heterocycles. The number of carbonyl (C=O) groups is 1. The first kappa shape index (κ1) is 19.8. The molecule has 30 heavy (non-hydrogen) atoms. The molecule has 0 fully saturated rings. The minimum Gasteiger partial charge on any atom is -0.353 e. The van der Waals surface area contributed by atoms with Gasteiger partial charge in [-0.1, -0.05) is 30.3 Å². The maximum Gasteiger partial charge on any atom is 0.248 e. The zero-order chi connectivity index (χ0) is 20.9. The molecule has 3 heterocycles. The number of nitrogens with zero attached hydrogens (tertiary/aromatic N) is 5. The third-order valence-electron chi connectivity index (χ3n) is 4.92. The lowest BCUT2D eigenvalue weighted by molar-refractivity contribution is -0.117. The van der Waals surface area contributed by atoms with Crippen molar-refractivity contribution < 1.29 is 4.79 Å². The number of aromatic nitrogens is 4. The van der Waals surface area contributed by atoms with Gasteiger partial charge in [-0.2, -0.15) is 5.10 Å². The van der Waals surface area contributed by atoms with Gasteiger partial charge in [-0.3, -0.25) is 19.4 Å². The summed E-state index contributed by atoms with van der Waals surface area (Å²) in [6, 6.07) is 15.3. The molecule has 4 aromatic rings. The van der Waals surface area contributed by atoms with Gasteiger partial charge >= 0.3 is 0 Å². The summed E-state index contributed by atoms with van der Waals surface area (Å²) in [7, 11) is 3.78. The van der Waals surface area contributed by atoms with Gasteiger partial charge in [-0.15, -0.1) is 11.3 Å². The highest BCUT2D eigenvalue weighted by Gasteiger charge is 2.26. The fourth-order valence-electron chi connectivity index (χ4n) is 3.31. The average molecular weight is 419 g/mol. The van der Waals surface area contributed by atoms with Crippen LogP contribution in [-0.2, 0) is 18.3 Å². The molecule has 0 unspecified atom stereocenters. The molecule has 0 aliphatic heterocycles. The summed E-state index contributed by atoms with van der Waals surface area (Å²) in [6.07, 6.45) is 5.82. The van der Waals surface area contributed by atoms with Crippen LogP contribution in [-0.4, -0.2) is 38.7 Å². The number of carbonyl (C=O) groups excluding carboxylic acids is 1. The number of hydrogen-bond acceptors (Lipinski definition) is 6. The molecule has 8 heteroatoms. The molecule has 7 nitrogen and oxygen atoms in total. The van der Waals surface area contributed by atoms with Crippen molar-refractivity contribution in [2.45, 2.75) is 12.5 Å². The van der Waals surface area contributed by atoms with E-state index < -0.39 is 6.04 Å². The van der Waals surface area contributed by atoms with Crippen LogP contribution in [0.4, 0.5) is 10.8 Å². The predicted molar refractivity (Wildman–Crippen MR) is 120 cm³/mol. The van der Waals surface area contributed by atoms with E-state index in [0.717, 1.165) is 21.8 Å². The number of aryl methyl sites for hydroxylation is 1. The Kier molecular flexibility index (Phi) is 5.85. The second kappa shape index (κ2) is 8.87. The van der Waals surface area contributed by atoms with Crippen LogP contribution in [0.5, 0.6) is 0 Å². The fourth-order valence-corrected chi connectivity index (χ4v) is 3.96. The van der Waals surface area contributed by atoms with Crippen molar-refractivity contribution >= 4 is 28.1 Å². The first-order valence-corrected chi connectivity index (χ1v) is 10.4. The highest BCUT2D eigenvalue weighted by molar-refractivity contribution is 7.13. The van der Waals surface area contributed by atoms with Crippen LogP contribution in [0.2, 0.25) is 0 Å². The quantitative estimate of drug-likeness (QED) is 0.496. The van der Waals surface area contributed by atoms with Gasteiger partial charge in [0.25, 0.3) is 0 Å². The monoisotopic (exact) mass is 418 g/mol. The van der Waals surface area contributed by atoms with E-state index in [0.29, 0.717) is 12.2 Å². The van der Waals surface area contributed by atoms with Crippen LogP contribution in [0, 0.1) is 0 Å². The molecular formula is C22H22N6OS. The molecule has 1 N–H and O–H groups in total. The summed E-state index contributed by atoms with van der Waals surface area (Å²) in [4.78, 5) is 23.5. The summed E-state index contributed by atoms with van der Waals surface area (Å²) in [5.74, 6) is 0.402. The lowest BCUT2D eigenvalue weighted by atomic mass is 10.0. The van der Waals surface area contributed by atoms with E-state index in [1.807, 2.05) is 67.5 Å². The lowest BCUT2D eigenvalue weighted by Crippen LogP contribution is -2.43. The van der Waals surface area contributed by atoms with Gasteiger partial charge in [0.1, 0.15) is 11.0 Å². The van der Waals surface area contributed by atoms with Crippen LogP contribution >= 0.6 is 11.3 Å². The second-order valence-electron chi connectivity index (χ2n) is 6.92. The molecule has 1 amide bonds. The number of likely N-dealkylation sites (N-methyl/N-ethyl adjacent to an activating group) is 1. The van der Waals surface area contributed by atoms with Crippen LogP contribution in [0.15, 0.2) is 72.6 Å². The van der Waals surface area contributed by atoms with E-state index in [-0.39, 0.29) is 5.91 Å². The average Bonchev–Trinajstić information content (AvgIpc) is 3.43. The van der Waals surface area contributed by atoms with Gasteiger partial charge < -0.3 is 10.2 Å². The van der Waals surface area contributed by atoms with Crippen LogP contribution < -0.4 is 10.2 Å². The molecule has 0 bridgehead atoms. The normalized spacial score (nSPS) is 11.8. The first-order valence-electron chi connectivity index (χ1n) is 9.52. The number of hydrogen-bond donors (Lipinski definition) is 1. The SMILES string of the molecule is CN(c1cncs1)[C@@H](Cc1ccccc1)C(=O)Nc1cc(-c2ccncc2)n(C)n1. The maximum absolute atomic E-state index is 13.3. The van der Waals surface area contributed by atoms with E-state index in [1.54, 1.807) is 28.8 Å². The summed E-state index contributed by atoms with van der Waals surface area (Å²) in [6.45, 7) is 0. The van der Waals surface area contributed by atoms with E-state index in [9.17, 15) is 4.79 Å². The number of pyridine rings is 1. The molecule has 152 valence electrons.